The standard InChI is InChI=1S/C11H22BrNO2S/c1-16(14,15)9-5-8-13-7-4-2-3-6-11(13)10-12/h11H,2-10H2,1H3. The summed E-state index contributed by atoms with van der Waals surface area (Å²) in [7, 11) is -2.80. The lowest BCUT2D eigenvalue weighted by molar-refractivity contribution is 0.219. The molecule has 1 saturated heterocycles. The molecule has 1 rings (SSSR count). The van der Waals surface area contributed by atoms with Crippen LogP contribution in [0.15, 0.2) is 0 Å². The molecule has 0 saturated carbocycles. The quantitative estimate of drug-likeness (QED) is 0.729. The molecule has 0 aromatic rings. The van der Waals surface area contributed by atoms with Crippen LogP contribution in [-0.2, 0) is 9.84 Å². The summed E-state index contributed by atoms with van der Waals surface area (Å²) in [6.45, 7) is 2.05. The van der Waals surface area contributed by atoms with Crippen molar-refractivity contribution in [2.24, 2.45) is 0 Å². The van der Waals surface area contributed by atoms with E-state index in [2.05, 4.69) is 20.8 Å². The van der Waals surface area contributed by atoms with Gasteiger partial charge in [-0.3, -0.25) is 4.90 Å². The molecule has 0 spiro atoms. The monoisotopic (exact) mass is 311 g/mol. The van der Waals surface area contributed by atoms with Crippen molar-refractivity contribution in [1.29, 1.82) is 0 Å². The molecule has 0 radical (unpaired) electrons. The predicted octanol–water partition coefficient (Wildman–Crippen LogP) is 2.06. The van der Waals surface area contributed by atoms with Crippen LogP contribution < -0.4 is 0 Å². The van der Waals surface area contributed by atoms with Crippen molar-refractivity contribution in [3.8, 4) is 0 Å². The highest BCUT2D eigenvalue weighted by molar-refractivity contribution is 9.09. The lowest BCUT2D eigenvalue weighted by atomic mass is 10.1. The molecule has 1 unspecified atom stereocenters. The normalized spacial score (nSPS) is 24.2. The lowest BCUT2D eigenvalue weighted by Crippen LogP contribution is -2.37. The predicted molar refractivity (Wildman–Crippen MR) is 72.0 cm³/mol. The third-order valence-corrected chi connectivity index (χ3v) is 4.92. The summed E-state index contributed by atoms with van der Waals surface area (Å²) in [5.41, 5.74) is 0. The van der Waals surface area contributed by atoms with Crippen LogP contribution in [0.1, 0.15) is 32.1 Å². The van der Waals surface area contributed by atoms with E-state index >= 15 is 0 Å². The van der Waals surface area contributed by atoms with E-state index in [1.807, 2.05) is 0 Å². The summed E-state index contributed by atoms with van der Waals surface area (Å²) in [6.07, 6.45) is 7.19. The Bertz CT molecular complexity index is 292. The zero-order valence-electron chi connectivity index (χ0n) is 9.99. The fraction of sp³-hybridized carbons (Fsp3) is 1.00. The first-order valence-electron chi connectivity index (χ1n) is 6.00. The number of halogens is 1. The molecule has 1 aliphatic heterocycles. The van der Waals surface area contributed by atoms with Gasteiger partial charge in [-0.2, -0.15) is 0 Å². The minimum Gasteiger partial charge on any atom is -0.300 e. The highest BCUT2D eigenvalue weighted by atomic mass is 79.9. The van der Waals surface area contributed by atoms with E-state index in [0.717, 1.165) is 24.8 Å². The second-order valence-corrected chi connectivity index (χ2v) is 7.58. The minimum absolute atomic E-state index is 0.318. The van der Waals surface area contributed by atoms with Crippen LogP contribution in [0.5, 0.6) is 0 Å². The Morgan fingerprint density at radius 2 is 2.06 bits per heavy atom. The summed E-state index contributed by atoms with van der Waals surface area (Å²) in [4.78, 5) is 2.45. The Morgan fingerprint density at radius 1 is 1.31 bits per heavy atom. The third-order valence-electron chi connectivity index (χ3n) is 3.14. The van der Waals surface area contributed by atoms with Crippen LogP contribution in [-0.4, -0.2) is 49.8 Å². The second-order valence-electron chi connectivity index (χ2n) is 4.68. The van der Waals surface area contributed by atoms with Gasteiger partial charge in [0.1, 0.15) is 9.84 Å². The molecular formula is C11H22BrNO2S. The van der Waals surface area contributed by atoms with Gasteiger partial charge in [0, 0.05) is 17.6 Å². The van der Waals surface area contributed by atoms with Gasteiger partial charge >= 0.3 is 0 Å². The van der Waals surface area contributed by atoms with Crippen molar-refractivity contribution >= 4 is 25.8 Å². The molecule has 1 fully saturated rings. The minimum atomic E-state index is -2.80. The van der Waals surface area contributed by atoms with Crippen LogP contribution in [0.2, 0.25) is 0 Å². The summed E-state index contributed by atoms with van der Waals surface area (Å²) >= 11 is 3.56. The van der Waals surface area contributed by atoms with E-state index in [0.29, 0.717) is 11.8 Å². The molecule has 3 nitrogen and oxygen atoms in total. The average molecular weight is 312 g/mol. The fourth-order valence-corrected chi connectivity index (χ4v) is 3.62. The molecule has 0 aromatic heterocycles. The van der Waals surface area contributed by atoms with Gasteiger partial charge in [0.15, 0.2) is 0 Å². The maximum atomic E-state index is 11.1. The van der Waals surface area contributed by atoms with Gasteiger partial charge in [0.25, 0.3) is 0 Å². The van der Waals surface area contributed by atoms with E-state index in [1.165, 1.54) is 31.9 Å². The summed E-state index contributed by atoms with van der Waals surface area (Å²) < 4.78 is 22.1. The summed E-state index contributed by atoms with van der Waals surface area (Å²) in [5.74, 6) is 0.318. The van der Waals surface area contributed by atoms with Crippen molar-refractivity contribution in [2.45, 2.75) is 38.1 Å². The van der Waals surface area contributed by atoms with E-state index in [9.17, 15) is 8.42 Å². The Hall–Kier alpha value is 0.390. The van der Waals surface area contributed by atoms with E-state index in [4.69, 9.17) is 0 Å². The van der Waals surface area contributed by atoms with Crippen molar-refractivity contribution < 1.29 is 8.42 Å². The number of likely N-dealkylation sites (tertiary alicyclic amines) is 1. The van der Waals surface area contributed by atoms with Crippen molar-refractivity contribution in [1.82, 2.24) is 4.90 Å². The number of hydrogen-bond acceptors (Lipinski definition) is 3. The van der Waals surface area contributed by atoms with Crippen LogP contribution in [0, 0.1) is 0 Å². The first kappa shape index (κ1) is 14.5. The fourth-order valence-electron chi connectivity index (χ4n) is 2.24. The largest absolute Gasteiger partial charge is 0.300 e. The molecule has 1 aliphatic rings. The zero-order valence-corrected chi connectivity index (χ0v) is 12.4. The van der Waals surface area contributed by atoms with E-state index in [-0.39, 0.29) is 0 Å². The SMILES string of the molecule is CS(=O)(=O)CCCN1CCCCCC1CBr. The van der Waals surface area contributed by atoms with Gasteiger partial charge in [-0.25, -0.2) is 8.42 Å². The lowest BCUT2D eigenvalue weighted by Gasteiger charge is -2.28. The summed E-state index contributed by atoms with van der Waals surface area (Å²) in [5, 5.41) is 1.01. The molecular weight excluding hydrogens is 290 g/mol. The molecule has 96 valence electrons. The van der Waals surface area contributed by atoms with Gasteiger partial charge in [-0.15, -0.1) is 0 Å². The topological polar surface area (TPSA) is 37.4 Å². The Labute approximate surface area is 108 Å². The number of hydrogen-bond donors (Lipinski definition) is 0. The smallest absolute Gasteiger partial charge is 0.147 e. The number of rotatable bonds is 5. The maximum Gasteiger partial charge on any atom is 0.147 e. The Balaban J connectivity index is 2.37. The Morgan fingerprint density at radius 3 is 2.69 bits per heavy atom. The highest BCUT2D eigenvalue weighted by Gasteiger charge is 2.19. The molecule has 16 heavy (non-hydrogen) atoms. The number of sulfone groups is 1. The summed E-state index contributed by atoms with van der Waals surface area (Å²) in [6, 6.07) is 0.599. The van der Waals surface area contributed by atoms with Crippen molar-refractivity contribution in [2.75, 3.05) is 30.4 Å². The van der Waals surface area contributed by atoms with Crippen LogP contribution in [0.25, 0.3) is 0 Å². The van der Waals surface area contributed by atoms with Gasteiger partial charge in [-0.05, 0) is 32.4 Å². The molecule has 1 heterocycles. The molecule has 5 heteroatoms. The maximum absolute atomic E-state index is 11.1. The number of alkyl halides is 1. The second kappa shape index (κ2) is 6.97. The van der Waals surface area contributed by atoms with Crippen LogP contribution >= 0.6 is 15.9 Å². The molecule has 0 bridgehead atoms. The number of nitrogens with zero attached hydrogens (tertiary/aromatic N) is 1. The molecule has 0 aliphatic carbocycles. The third kappa shape index (κ3) is 5.64. The Kier molecular flexibility index (Phi) is 6.29. The van der Waals surface area contributed by atoms with Crippen LogP contribution in [0.3, 0.4) is 0 Å². The van der Waals surface area contributed by atoms with Crippen LogP contribution in [0.4, 0.5) is 0 Å². The molecule has 0 N–H and O–H groups in total. The van der Waals surface area contributed by atoms with Gasteiger partial charge in [-0.1, -0.05) is 28.8 Å². The van der Waals surface area contributed by atoms with Crippen molar-refractivity contribution in [3.05, 3.63) is 0 Å². The van der Waals surface area contributed by atoms with Gasteiger partial charge < -0.3 is 0 Å². The average Bonchev–Trinajstić information content (AvgIpc) is 2.41. The van der Waals surface area contributed by atoms with Gasteiger partial charge in [0.05, 0.1) is 5.75 Å². The molecule has 0 aromatic carbocycles. The van der Waals surface area contributed by atoms with Gasteiger partial charge in [0.2, 0.25) is 0 Å². The molecule has 0 amide bonds. The first-order valence-corrected chi connectivity index (χ1v) is 9.19. The highest BCUT2D eigenvalue weighted by Crippen LogP contribution is 2.18. The van der Waals surface area contributed by atoms with Crippen molar-refractivity contribution in [3.63, 3.8) is 0 Å². The van der Waals surface area contributed by atoms with E-state index < -0.39 is 9.84 Å². The molecule has 1 atom stereocenters. The zero-order chi connectivity index (χ0) is 12.0. The first-order chi connectivity index (χ1) is 7.53. The van der Waals surface area contributed by atoms with E-state index in [1.54, 1.807) is 0 Å².